The maximum Gasteiger partial charge on any atom is 0.217 e. The first-order valence-corrected chi connectivity index (χ1v) is 7.21. The molecule has 0 saturated heterocycles. The first kappa shape index (κ1) is 13.8. The van der Waals surface area contributed by atoms with Gasteiger partial charge in [-0.15, -0.1) is 0 Å². The third-order valence-electron chi connectivity index (χ3n) is 3.67. The highest BCUT2D eigenvalue weighted by molar-refractivity contribution is 5.72. The standard InChI is InChI=1S/C14H20N6O/c1-11(21)17-9-12-8-13-10-19(6-7-20(13)18-12)5-2-14-15-3-4-16-14/h3-4,8H,2,5-7,9-10H2,1H3,(H,15,16)(H,17,21). The van der Waals surface area contributed by atoms with Crippen LogP contribution < -0.4 is 5.32 Å². The van der Waals surface area contributed by atoms with Gasteiger partial charge >= 0.3 is 0 Å². The predicted octanol–water partition coefficient (Wildman–Crippen LogP) is 0.301. The minimum atomic E-state index is -0.0268. The smallest absolute Gasteiger partial charge is 0.217 e. The number of H-pyrrole nitrogens is 1. The molecule has 112 valence electrons. The van der Waals surface area contributed by atoms with Crippen molar-refractivity contribution in [2.45, 2.75) is 33.0 Å². The van der Waals surface area contributed by atoms with E-state index >= 15 is 0 Å². The molecule has 0 atom stereocenters. The highest BCUT2D eigenvalue weighted by Crippen LogP contribution is 2.14. The summed E-state index contributed by atoms with van der Waals surface area (Å²) in [6.45, 7) is 5.80. The minimum absolute atomic E-state index is 0.0268. The van der Waals surface area contributed by atoms with Crippen LogP contribution in [-0.4, -0.2) is 43.6 Å². The molecule has 0 spiro atoms. The number of hydrogen-bond acceptors (Lipinski definition) is 4. The van der Waals surface area contributed by atoms with Crippen molar-refractivity contribution in [3.63, 3.8) is 0 Å². The Morgan fingerprint density at radius 1 is 1.48 bits per heavy atom. The number of carbonyl (C=O) groups excluding carboxylic acids is 1. The average molecular weight is 288 g/mol. The summed E-state index contributed by atoms with van der Waals surface area (Å²) >= 11 is 0. The quantitative estimate of drug-likeness (QED) is 0.829. The van der Waals surface area contributed by atoms with Crippen molar-refractivity contribution < 1.29 is 4.79 Å². The molecule has 0 fully saturated rings. The van der Waals surface area contributed by atoms with Crippen molar-refractivity contribution in [3.8, 4) is 0 Å². The van der Waals surface area contributed by atoms with Crippen molar-refractivity contribution in [1.29, 1.82) is 0 Å². The van der Waals surface area contributed by atoms with E-state index in [0.29, 0.717) is 6.54 Å². The van der Waals surface area contributed by atoms with E-state index < -0.39 is 0 Å². The Morgan fingerprint density at radius 3 is 3.14 bits per heavy atom. The summed E-state index contributed by atoms with van der Waals surface area (Å²) in [7, 11) is 0. The zero-order chi connectivity index (χ0) is 14.7. The first-order valence-electron chi connectivity index (χ1n) is 7.21. The van der Waals surface area contributed by atoms with Gasteiger partial charge in [0, 0.05) is 45.4 Å². The molecule has 0 bridgehead atoms. The number of aromatic nitrogens is 4. The molecule has 3 rings (SSSR count). The van der Waals surface area contributed by atoms with E-state index in [0.717, 1.165) is 44.1 Å². The van der Waals surface area contributed by atoms with Gasteiger partial charge in [-0.3, -0.25) is 14.4 Å². The molecule has 21 heavy (non-hydrogen) atoms. The molecule has 0 aromatic carbocycles. The molecule has 1 aliphatic heterocycles. The number of imidazole rings is 1. The van der Waals surface area contributed by atoms with E-state index in [1.807, 2.05) is 10.9 Å². The van der Waals surface area contributed by atoms with Crippen LogP contribution in [0.25, 0.3) is 0 Å². The molecule has 7 nitrogen and oxygen atoms in total. The molecule has 2 aromatic heterocycles. The van der Waals surface area contributed by atoms with Gasteiger partial charge in [0.1, 0.15) is 5.82 Å². The Balaban J connectivity index is 1.56. The van der Waals surface area contributed by atoms with Crippen molar-refractivity contribution in [2.75, 3.05) is 13.1 Å². The molecule has 7 heteroatoms. The molecule has 2 aromatic rings. The highest BCUT2D eigenvalue weighted by Gasteiger charge is 2.18. The molecule has 1 amide bonds. The summed E-state index contributed by atoms with van der Waals surface area (Å²) in [6, 6.07) is 2.08. The lowest BCUT2D eigenvalue weighted by molar-refractivity contribution is -0.119. The zero-order valence-electron chi connectivity index (χ0n) is 12.2. The van der Waals surface area contributed by atoms with Crippen LogP contribution in [0.1, 0.15) is 24.1 Å². The van der Waals surface area contributed by atoms with Crippen LogP contribution in [0.4, 0.5) is 0 Å². The summed E-state index contributed by atoms with van der Waals surface area (Å²) in [4.78, 5) is 20.7. The van der Waals surface area contributed by atoms with Crippen LogP contribution >= 0.6 is 0 Å². The molecule has 2 N–H and O–H groups in total. The summed E-state index contributed by atoms with van der Waals surface area (Å²) < 4.78 is 2.04. The molecule has 0 saturated carbocycles. The molecule has 0 aliphatic carbocycles. The number of nitrogens with zero attached hydrogens (tertiary/aromatic N) is 4. The fourth-order valence-electron chi connectivity index (χ4n) is 2.57. The molecular weight excluding hydrogens is 268 g/mol. The molecule has 0 unspecified atom stereocenters. The second-order valence-electron chi connectivity index (χ2n) is 5.32. The number of hydrogen-bond donors (Lipinski definition) is 2. The fourth-order valence-corrected chi connectivity index (χ4v) is 2.57. The van der Waals surface area contributed by atoms with Gasteiger partial charge in [0.2, 0.25) is 5.91 Å². The monoisotopic (exact) mass is 288 g/mol. The van der Waals surface area contributed by atoms with Crippen LogP contribution in [0.5, 0.6) is 0 Å². The third-order valence-corrected chi connectivity index (χ3v) is 3.67. The van der Waals surface area contributed by atoms with E-state index in [9.17, 15) is 4.79 Å². The first-order chi connectivity index (χ1) is 10.2. The van der Waals surface area contributed by atoms with E-state index in [-0.39, 0.29) is 5.91 Å². The Hall–Kier alpha value is -2.15. The van der Waals surface area contributed by atoms with Crippen molar-refractivity contribution in [1.82, 2.24) is 30.0 Å². The lowest BCUT2D eigenvalue weighted by Crippen LogP contribution is -2.35. The summed E-state index contributed by atoms with van der Waals surface area (Å²) in [6.07, 6.45) is 4.57. The van der Waals surface area contributed by atoms with Crippen molar-refractivity contribution in [3.05, 3.63) is 35.7 Å². The van der Waals surface area contributed by atoms with Crippen LogP contribution in [0.15, 0.2) is 18.5 Å². The minimum Gasteiger partial charge on any atom is -0.351 e. The fraction of sp³-hybridized carbons (Fsp3) is 0.500. The largest absolute Gasteiger partial charge is 0.351 e. The van der Waals surface area contributed by atoms with Gasteiger partial charge in [0.15, 0.2) is 0 Å². The number of amides is 1. The van der Waals surface area contributed by atoms with E-state index in [4.69, 9.17) is 0 Å². The Bertz CT molecular complexity index is 603. The number of aromatic amines is 1. The van der Waals surface area contributed by atoms with Gasteiger partial charge in [0.25, 0.3) is 0 Å². The molecule has 1 aliphatic rings. The summed E-state index contributed by atoms with van der Waals surface area (Å²) in [5.41, 5.74) is 2.13. The Labute approximate surface area is 123 Å². The van der Waals surface area contributed by atoms with Crippen LogP contribution in [0.2, 0.25) is 0 Å². The lowest BCUT2D eigenvalue weighted by atomic mass is 10.2. The predicted molar refractivity (Wildman–Crippen MR) is 77.3 cm³/mol. The summed E-state index contributed by atoms with van der Waals surface area (Å²) in [5.74, 6) is 1.00. The van der Waals surface area contributed by atoms with Gasteiger partial charge in [-0.1, -0.05) is 0 Å². The highest BCUT2D eigenvalue weighted by atomic mass is 16.1. The third kappa shape index (κ3) is 3.49. The van der Waals surface area contributed by atoms with Crippen molar-refractivity contribution >= 4 is 5.91 Å². The van der Waals surface area contributed by atoms with Gasteiger partial charge in [-0.2, -0.15) is 5.10 Å². The maximum atomic E-state index is 10.9. The Morgan fingerprint density at radius 2 is 2.38 bits per heavy atom. The number of fused-ring (bicyclic) bond motifs is 1. The van der Waals surface area contributed by atoms with Gasteiger partial charge in [0.05, 0.1) is 24.5 Å². The zero-order valence-corrected chi connectivity index (χ0v) is 12.2. The van der Waals surface area contributed by atoms with Gasteiger partial charge in [-0.25, -0.2) is 4.98 Å². The van der Waals surface area contributed by atoms with Gasteiger partial charge < -0.3 is 10.3 Å². The van der Waals surface area contributed by atoms with Crippen LogP contribution in [-0.2, 0) is 30.8 Å². The number of carbonyl (C=O) groups is 1. The number of rotatable bonds is 5. The number of nitrogens with one attached hydrogen (secondary N) is 2. The van der Waals surface area contributed by atoms with Crippen LogP contribution in [0, 0.1) is 0 Å². The van der Waals surface area contributed by atoms with E-state index in [1.54, 1.807) is 6.20 Å². The Kier molecular flexibility index (Phi) is 4.01. The second-order valence-corrected chi connectivity index (χ2v) is 5.32. The topological polar surface area (TPSA) is 78.8 Å². The lowest BCUT2D eigenvalue weighted by Gasteiger charge is -2.27. The normalized spacial score (nSPS) is 14.9. The molecule has 0 radical (unpaired) electrons. The SMILES string of the molecule is CC(=O)NCc1cc2n(n1)CCN(CCc1ncc[nH]1)C2. The second kappa shape index (κ2) is 6.09. The molecular formula is C14H20N6O. The maximum absolute atomic E-state index is 10.9. The van der Waals surface area contributed by atoms with E-state index in [2.05, 4.69) is 31.3 Å². The van der Waals surface area contributed by atoms with E-state index in [1.165, 1.54) is 12.6 Å². The molecule has 3 heterocycles. The summed E-state index contributed by atoms with van der Waals surface area (Å²) in [5, 5.41) is 7.31. The van der Waals surface area contributed by atoms with Crippen molar-refractivity contribution in [2.24, 2.45) is 0 Å². The average Bonchev–Trinajstić information content (AvgIpc) is 3.11. The van der Waals surface area contributed by atoms with Gasteiger partial charge in [-0.05, 0) is 6.07 Å². The van der Waals surface area contributed by atoms with Crippen LogP contribution in [0.3, 0.4) is 0 Å².